The van der Waals surface area contributed by atoms with Crippen LogP contribution in [-0.2, 0) is 27.2 Å². The van der Waals surface area contributed by atoms with E-state index in [4.69, 9.17) is 19.9 Å². The van der Waals surface area contributed by atoms with Gasteiger partial charge in [0.15, 0.2) is 0 Å². The lowest BCUT2D eigenvalue weighted by Crippen LogP contribution is -2.35. The van der Waals surface area contributed by atoms with Gasteiger partial charge in [0.2, 0.25) is 18.8 Å². The quantitative estimate of drug-likeness (QED) is 0.110. The summed E-state index contributed by atoms with van der Waals surface area (Å²) >= 11 is 4.86. The van der Waals surface area contributed by atoms with Crippen molar-refractivity contribution in [3.8, 4) is 22.6 Å². The van der Waals surface area contributed by atoms with Gasteiger partial charge in [-0.3, -0.25) is 0 Å². The summed E-state index contributed by atoms with van der Waals surface area (Å²) in [5, 5.41) is 14.4. The van der Waals surface area contributed by atoms with Gasteiger partial charge >= 0.3 is 0 Å². The number of aryl methyl sites for hydroxylation is 2. The van der Waals surface area contributed by atoms with Crippen molar-refractivity contribution in [1.82, 2.24) is 19.8 Å². The molecule has 0 spiro atoms. The Kier molecular flexibility index (Phi) is 8.84. The molecule has 8 nitrogen and oxygen atoms in total. The molecule has 0 saturated carbocycles. The minimum atomic E-state index is 0.545. The highest BCUT2D eigenvalue weighted by Gasteiger charge is 2.30. The predicted octanol–water partition coefficient (Wildman–Crippen LogP) is 7.71. The summed E-state index contributed by atoms with van der Waals surface area (Å²) in [5.41, 5.74) is 8.92. The SMILES string of the molecule is COc1c(Cn2n[n+](C)c(C3=CC=CC3)c2I)cc2ccccc2c1-c1c(OC)c(Cn2n[n+](C)c(C3=CC=CC3)c2I)cc2ccccc12. The van der Waals surface area contributed by atoms with E-state index in [2.05, 4.69) is 152 Å². The molecule has 0 saturated heterocycles. The van der Waals surface area contributed by atoms with Gasteiger partial charge in [-0.05, 0) is 46.5 Å². The number of hydrogen-bond donors (Lipinski definition) is 0. The van der Waals surface area contributed by atoms with Gasteiger partial charge in [0.25, 0.3) is 0 Å². The van der Waals surface area contributed by atoms with Crippen molar-refractivity contribution in [2.24, 2.45) is 14.1 Å². The van der Waals surface area contributed by atoms with Crippen LogP contribution in [0.4, 0.5) is 0 Å². The van der Waals surface area contributed by atoms with Crippen molar-refractivity contribution in [3.05, 3.63) is 127 Å². The van der Waals surface area contributed by atoms with Crippen LogP contribution in [0.3, 0.4) is 0 Å². The topological polar surface area (TPSA) is 61.9 Å². The maximum atomic E-state index is 6.43. The van der Waals surface area contributed by atoms with E-state index in [0.29, 0.717) is 13.1 Å². The Morgan fingerprint density at radius 2 is 1.08 bits per heavy atom. The van der Waals surface area contributed by atoms with E-state index in [0.717, 1.165) is 86.9 Å². The summed E-state index contributed by atoms with van der Waals surface area (Å²) in [7, 11) is 7.57. The van der Waals surface area contributed by atoms with Crippen LogP contribution in [0.2, 0.25) is 0 Å². The van der Waals surface area contributed by atoms with Crippen LogP contribution >= 0.6 is 45.2 Å². The van der Waals surface area contributed by atoms with Gasteiger partial charge < -0.3 is 9.47 Å². The standard InChI is InChI=1S/C40H36I2N6O2/c1-45-35(25-13-5-6-14-25)39(41)47(43-45)23-29-21-27-17-9-11-19-31(27)33(37(29)49-3)34-32-20-12-10-18-28(32)22-30(38(34)50-4)24-48-40(42)36(46(2)44-48)26-15-7-8-16-26/h5-13,15,17-22H,14,16,23-24H2,1-4H3/q+2. The molecule has 0 unspecified atom stereocenters. The fourth-order valence-corrected chi connectivity index (χ4v) is 9.35. The molecule has 0 fully saturated rings. The molecule has 2 aliphatic rings. The Morgan fingerprint density at radius 3 is 1.46 bits per heavy atom. The first-order valence-corrected chi connectivity index (χ1v) is 18.7. The van der Waals surface area contributed by atoms with Crippen LogP contribution < -0.4 is 18.8 Å². The molecule has 2 aliphatic carbocycles. The smallest absolute Gasteiger partial charge is 0.235 e. The second kappa shape index (κ2) is 13.4. The number of aromatic nitrogens is 6. The van der Waals surface area contributed by atoms with Crippen molar-refractivity contribution < 1.29 is 18.8 Å². The lowest BCUT2D eigenvalue weighted by Gasteiger charge is -2.21. The number of allylic oxidation sites excluding steroid dienone is 8. The number of benzene rings is 4. The maximum absolute atomic E-state index is 6.43. The summed E-state index contributed by atoms with van der Waals surface area (Å²) in [6.07, 6.45) is 14.8. The van der Waals surface area contributed by atoms with Crippen molar-refractivity contribution in [1.29, 1.82) is 0 Å². The van der Waals surface area contributed by atoms with Crippen LogP contribution in [0.25, 0.3) is 43.8 Å². The first-order valence-electron chi connectivity index (χ1n) is 16.5. The van der Waals surface area contributed by atoms with Gasteiger partial charge in [0.05, 0.1) is 24.6 Å². The Morgan fingerprint density at radius 1 is 0.660 bits per heavy atom. The lowest BCUT2D eigenvalue weighted by molar-refractivity contribution is -0.734. The zero-order chi connectivity index (χ0) is 34.5. The van der Waals surface area contributed by atoms with Crippen LogP contribution in [0.15, 0.2) is 97.1 Å². The second-order valence-electron chi connectivity index (χ2n) is 12.6. The zero-order valence-corrected chi connectivity index (χ0v) is 32.6. The third kappa shape index (κ3) is 5.56. The minimum Gasteiger partial charge on any atom is -0.496 e. The highest BCUT2D eigenvalue weighted by molar-refractivity contribution is 14.1. The molecule has 0 amide bonds. The summed E-state index contributed by atoms with van der Waals surface area (Å²) in [6, 6.07) is 21.6. The lowest BCUT2D eigenvalue weighted by atomic mass is 9.88. The van der Waals surface area contributed by atoms with E-state index in [1.54, 1.807) is 14.2 Å². The fourth-order valence-electron chi connectivity index (χ4n) is 7.43. The molecule has 6 aromatic rings. The number of rotatable bonds is 9. The Hall–Kier alpha value is -4.30. The summed E-state index contributed by atoms with van der Waals surface area (Å²) < 4.78 is 23.1. The molecule has 8 rings (SSSR count). The predicted molar refractivity (Wildman–Crippen MR) is 214 cm³/mol. The summed E-state index contributed by atoms with van der Waals surface area (Å²) in [4.78, 5) is 0. The van der Waals surface area contributed by atoms with E-state index in [-0.39, 0.29) is 0 Å². The van der Waals surface area contributed by atoms with Crippen molar-refractivity contribution in [3.63, 3.8) is 0 Å². The highest BCUT2D eigenvalue weighted by Crippen LogP contribution is 2.49. The highest BCUT2D eigenvalue weighted by atomic mass is 127. The average molecular weight is 887 g/mol. The van der Waals surface area contributed by atoms with Crippen LogP contribution in [0.5, 0.6) is 11.5 Å². The molecule has 250 valence electrons. The Bertz CT molecular complexity index is 2300. The first kappa shape index (κ1) is 32.9. The molecule has 2 aromatic heterocycles. The summed E-state index contributed by atoms with van der Waals surface area (Å²) in [5.74, 6) is 1.62. The third-order valence-corrected chi connectivity index (χ3v) is 11.7. The zero-order valence-electron chi connectivity index (χ0n) is 28.3. The molecule has 0 bridgehead atoms. The first-order chi connectivity index (χ1) is 24.4. The Labute approximate surface area is 318 Å². The van der Waals surface area contributed by atoms with Crippen LogP contribution in [0, 0.1) is 7.40 Å². The monoisotopic (exact) mass is 886 g/mol. The molecule has 4 aromatic carbocycles. The van der Waals surface area contributed by atoms with Crippen LogP contribution in [0.1, 0.15) is 35.4 Å². The molecule has 0 N–H and O–H groups in total. The minimum absolute atomic E-state index is 0.545. The number of ether oxygens (including phenoxy) is 2. The summed E-state index contributed by atoms with van der Waals surface area (Å²) in [6.45, 7) is 1.09. The molecule has 2 heterocycles. The number of hydrogen-bond acceptors (Lipinski definition) is 4. The van der Waals surface area contributed by atoms with E-state index in [1.165, 1.54) is 11.1 Å². The van der Waals surface area contributed by atoms with Crippen molar-refractivity contribution >= 4 is 77.9 Å². The molecular formula is C40H36I2N6O2+2. The van der Waals surface area contributed by atoms with Gasteiger partial charge in [-0.2, -0.15) is 0 Å². The average Bonchev–Trinajstić information content (AvgIpc) is 3.93. The number of halogens is 2. The maximum Gasteiger partial charge on any atom is 0.235 e. The number of methoxy groups -OCH3 is 2. The fraction of sp³-hybridized carbons (Fsp3) is 0.200. The molecule has 50 heavy (non-hydrogen) atoms. The Balaban J connectivity index is 1.34. The third-order valence-electron chi connectivity index (χ3n) is 9.58. The number of fused-ring (bicyclic) bond motifs is 2. The van der Waals surface area contributed by atoms with Gasteiger partial charge in [-0.15, -0.1) is 18.7 Å². The second-order valence-corrected chi connectivity index (χ2v) is 14.6. The molecule has 10 heteroatoms. The van der Waals surface area contributed by atoms with Crippen LogP contribution in [-0.4, -0.2) is 34.0 Å². The van der Waals surface area contributed by atoms with E-state index in [9.17, 15) is 0 Å². The van der Waals surface area contributed by atoms with Crippen molar-refractivity contribution in [2.75, 3.05) is 14.2 Å². The largest absolute Gasteiger partial charge is 0.496 e. The van der Waals surface area contributed by atoms with E-state index < -0.39 is 0 Å². The number of nitrogens with zero attached hydrogens (tertiary/aromatic N) is 6. The van der Waals surface area contributed by atoms with Gasteiger partial charge in [0, 0.05) is 78.6 Å². The van der Waals surface area contributed by atoms with Gasteiger partial charge in [-0.25, -0.2) is 0 Å². The van der Waals surface area contributed by atoms with Crippen molar-refractivity contribution in [2.45, 2.75) is 25.9 Å². The van der Waals surface area contributed by atoms with E-state index in [1.807, 2.05) is 23.5 Å². The van der Waals surface area contributed by atoms with Gasteiger partial charge in [0.1, 0.15) is 38.7 Å². The molecular weight excluding hydrogens is 850 g/mol. The molecule has 0 radical (unpaired) electrons. The van der Waals surface area contributed by atoms with Gasteiger partial charge in [-0.1, -0.05) is 85.0 Å². The van der Waals surface area contributed by atoms with E-state index >= 15 is 0 Å². The normalized spacial score (nSPS) is 13.9. The molecule has 0 atom stereocenters. The molecule has 0 aliphatic heterocycles.